The number of benzene rings is 3. The van der Waals surface area contributed by atoms with Crippen LogP contribution in [0.3, 0.4) is 0 Å². The van der Waals surface area contributed by atoms with Crippen molar-refractivity contribution in [2.45, 2.75) is 51.6 Å². The van der Waals surface area contributed by atoms with Crippen LogP contribution in [0.1, 0.15) is 43.7 Å². The van der Waals surface area contributed by atoms with Gasteiger partial charge in [-0.2, -0.15) is 0 Å². The van der Waals surface area contributed by atoms with Crippen LogP contribution < -0.4 is 20.5 Å². The van der Waals surface area contributed by atoms with Gasteiger partial charge >= 0.3 is 6.03 Å². The number of hydrogen-bond acceptors (Lipinski definition) is 6. The van der Waals surface area contributed by atoms with E-state index in [4.69, 9.17) is 10.5 Å². The quantitative estimate of drug-likeness (QED) is 0.207. The normalized spacial score (nSPS) is 13.8. The largest absolute Gasteiger partial charge is 0.457 e. The molecule has 0 spiro atoms. The summed E-state index contributed by atoms with van der Waals surface area (Å²) in [6.45, 7) is 4.78. The second-order valence-electron chi connectivity index (χ2n) is 11.2. The fourth-order valence-electron chi connectivity index (χ4n) is 5.23. The Hall–Kier alpha value is -3.94. The number of amides is 3. The van der Waals surface area contributed by atoms with E-state index in [1.807, 2.05) is 31.2 Å². The highest BCUT2D eigenvalue weighted by atomic mass is 35.5. The van der Waals surface area contributed by atoms with Crippen molar-refractivity contribution in [2.24, 2.45) is 5.73 Å². The summed E-state index contributed by atoms with van der Waals surface area (Å²) in [6, 6.07) is 15.6. The zero-order valence-corrected chi connectivity index (χ0v) is 27.4. The number of sulfonamides is 1. The minimum Gasteiger partial charge on any atom is -0.457 e. The Kier molecular flexibility index (Phi) is 13.2. The fourth-order valence-corrected chi connectivity index (χ4v) is 5.79. The molecule has 10 nitrogen and oxygen atoms in total. The Labute approximate surface area is 274 Å². The zero-order valence-electron chi connectivity index (χ0n) is 25.8. The van der Waals surface area contributed by atoms with Gasteiger partial charge in [0.05, 0.1) is 18.4 Å². The van der Waals surface area contributed by atoms with Crippen LogP contribution in [0.25, 0.3) is 0 Å². The number of primary amides is 1. The number of unbranched alkanes of at least 4 members (excludes halogenated alkanes) is 1. The van der Waals surface area contributed by atoms with E-state index in [2.05, 4.69) is 14.9 Å². The van der Waals surface area contributed by atoms with E-state index in [-0.39, 0.29) is 29.7 Å². The van der Waals surface area contributed by atoms with Crippen LogP contribution in [0.5, 0.6) is 11.5 Å². The molecule has 0 unspecified atom stereocenters. The van der Waals surface area contributed by atoms with E-state index in [0.29, 0.717) is 29.8 Å². The van der Waals surface area contributed by atoms with Gasteiger partial charge in [0, 0.05) is 44.0 Å². The molecule has 14 heteroatoms. The van der Waals surface area contributed by atoms with Crippen LogP contribution in [-0.2, 0) is 27.8 Å². The molecule has 46 heavy (non-hydrogen) atoms. The number of carbonyl (C=O) groups excluding carboxylic acids is 2. The highest BCUT2D eigenvalue weighted by molar-refractivity contribution is 7.92. The van der Waals surface area contributed by atoms with Crippen LogP contribution in [0.15, 0.2) is 60.7 Å². The van der Waals surface area contributed by atoms with E-state index in [1.54, 1.807) is 29.2 Å². The summed E-state index contributed by atoms with van der Waals surface area (Å²) in [6.07, 6.45) is 3.82. The number of nitrogens with one attached hydrogen (secondary N) is 2. The number of hydrogen-bond donors (Lipinski definition) is 3. The van der Waals surface area contributed by atoms with E-state index < -0.39 is 40.0 Å². The monoisotopic (exact) mass is 679 g/mol. The second-order valence-corrected chi connectivity index (χ2v) is 12.9. The van der Waals surface area contributed by atoms with E-state index in [0.717, 1.165) is 63.2 Å². The highest BCUT2D eigenvalue weighted by Gasteiger charge is 2.28. The van der Waals surface area contributed by atoms with Gasteiger partial charge in [0.15, 0.2) is 0 Å². The SMILES string of the molecule is CCCCN(C(=O)Nc1cc(CC(N)=O)c(F)cc1F)C1CCN(Cc2ccc(Oc3ccc(NS(C)(=O)=O)cc3)cc2)CC1.Cl. The lowest BCUT2D eigenvalue weighted by Gasteiger charge is -2.38. The summed E-state index contributed by atoms with van der Waals surface area (Å²) in [5.74, 6) is -1.34. The third-order valence-electron chi connectivity index (χ3n) is 7.48. The average Bonchev–Trinajstić information content (AvgIpc) is 2.97. The first-order chi connectivity index (χ1) is 21.4. The molecule has 1 aliphatic heterocycles. The summed E-state index contributed by atoms with van der Waals surface area (Å²) >= 11 is 0. The van der Waals surface area contributed by atoms with Crippen molar-refractivity contribution in [3.63, 3.8) is 0 Å². The smallest absolute Gasteiger partial charge is 0.322 e. The molecule has 3 aromatic rings. The first-order valence-corrected chi connectivity index (χ1v) is 16.7. The summed E-state index contributed by atoms with van der Waals surface area (Å²) in [5.41, 5.74) is 6.47. The maximum absolute atomic E-state index is 14.5. The Morgan fingerprint density at radius 1 is 1.00 bits per heavy atom. The van der Waals surface area contributed by atoms with Crippen LogP contribution in [0, 0.1) is 11.6 Å². The number of urea groups is 1. The average molecular weight is 680 g/mol. The van der Waals surface area contributed by atoms with Gasteiger partial charge in [-0.15, -0.1) is 12.4 Å². The van der Waals surface area contributed by atoms with Gasteiger partial charge in [-0.05, 0) is 72.9 Å². The first kappa shape index (κ1) is 36.5. The lowest BCUT2D eigenvalue weighted by atomic mass is 10.0. The molecule has 1 saturated heterocycles. The number of ether oxygens (including phenoxy) is 1. The summed E-state index contributed by atoms with van der Waals surface area (Å²) in [5, 5.41) is 2.58. The van der Waals surface area contributed by atoms with E-state index >= 15 is 0 Å². The van der Waals surface area contributed by atoms with Crippen molar-refractivity contribution in [1.82, 2.24) is 9.80 Å². The van der Waals surface area contributed by atoms with Crippen LogP contribution in [0.4, 0.5) is 25.0 Å². The first-order valence-electron chi connectivity index (χ1n) is 14.8. The Morgan fingerprint density at radius 3 is 2.17 bits per heavy atom. The summed E-state index contributed by atoms with van der Waals surface area (Å²) in [7, 11) is -3.35. The molecule has 0 bridgehead atoms. The Balaban J connectivity index is 0.00000576. The minimum absolute atomic E-state index is 0. The van der Waals surface area contributed by atoms with E-state index in [9.17, 15) is 26.8 Å². The van der Waals surface area contributed by atoms with Gasteiger partial charge in [0.2, 0.25) is 15.9 Å². The Bertz CT molecular complexity index is 1590. The predicted molar refractivity (Wildman–Crippen MR) is 177 cm³/mol. The summed E-state index contributed by atoms with van der Waals surface area (Å²) < 4.78 is 59.7. The zero-order chi connectivity index (χ0) is 32.6. The third-order valence-corrected chi connectivity index (χ3v) is 8.08. The molecule has 0 radical (unpaired) electrons. The van der Waals surface area contributed by atoms with Crippen molar-refractivity contribution < 1.29 is 31.5 Å². The number of rotatable bonds is 13. The molecule has 1 fully saturated rings. The van der Waals surface area contributed by atoms with E-state index in [1.165, 1.54) is 0 Å². The molecule has 3 aromatic carbocycles. The minimum atomic E-state index is -3.35. The van der Waals surface area contributed by atoms with Crippen LogP contribution >= 0.6 is 12.4 Å². The Morgan fingerprint density at radius 2 is 1.61 bits per heavy atom. The van der Waals surface area contributed by atoms with Crippen LogP contribution in [-0.4, -0.2) is 62.1 Å². The van der Waals surface area contributed by atoms with Gasteiger partial charge in [0.25, 0.3) is 0 Å². The topological polar surface area (TPSA) is 134 Å². The maximum Gasteiger partial charge on any atom is 0.322 e. The molecule has 1 heterocycles. The molecule has 4 N–H and O–H groups in total. The van der Waals surface area contributed by atoms with Crippen LogP contribution in [0.2, 0.25) is 0 Å². The molecule has 0 saturated carbocycles. The molecule has 3 amide bonds. The summed E-state index contributed by atoms with van der Waals surface area (Å²) in [4.78, 5) is 28.6. The van der Waals surface area contributed by atoms with Gasteiger partial charge in [-0.1, -0.05) is 25.5 Å². The van der Waals surface area contributed by atoms with Gasteiger partial charge < -0.3 is 20.7 Å². The molecule has 4 rings (SSSR count). The predicted octanol–water partition coefficient (Wildman–Crippen LogP) is 5.88. The number of nitrogens with zero attached hydrogens (tertiary/aromatic N) is 2. The number of carbonyl (C=O) groups is 2. The molecular formula is C32H40ClF2N5O5S. The van der Waals surface area contributed by atoms with Crippen molar-refractivity contribution in [3.05, 3.63) is 83.4 Å². The number of piperidine rings is 1. The molecule has 0 atom stereocenters. The lowest BCUT2D eigenvalue weighted by Crippen LogP contribution is -2.49. The lowest BCUT2D eigenvalue weighted by molar-refractivity contribution is -0.117. The van der Waals surface area contributed by atoms with Gasteiger partial charge in [-0.25, -0.2) is 22.0 Å². The fraction of sp³-hybridized carbons (Fsp3) is 0.375. The molecule has 1 aliphatic rings. The third kappa shape index (κ3) is 10.8. The van der Waals surface area contributed by atoms with Crippen molar-refractivity contribution in [3.8, 4) is 11.5 Å². The number of likely N-dealkylation sites (tertiary alicyclic amines) is 1. The van der Waals surface area contributed by atoms with Crippen molar-refractivity contribution >= 4 is 45.7 Å². The van der Waals surface area contributed by atoms with Crippen molar-refractivity contribution in [2.75, 3.05) is 35.9 Å². The number of halogens is 3. The van der Waals surface area contributed by atoms with Gasteiger partial charge in [-0.3, -0.25) is 14.4 Å². The molecule has 250 valence electrons. The second kappa shape index (κ2) is 16.6. The molecular weight excluding hydrogens is 640 g/mol. The van der Waals surface area contributed by atoms with Gasteiger partial charge in [0.1, 0.15) is 23.1 Å². The standard InChI is InChI=1S/C32H39F2N5O5S.ClH/c1-3-4-15-39(32(41)36-30-18-23(19-31(35)40)28(33)20-29(30)34)25-13-16-38(17-14-25)21-22-5-9-26(10-6-22)44-27-11-7-24(8-12-27)37-45(2,42)43;/h5-12,18,20,25,37H,3-4,13-17,19,21H2,1-2H3,(H2,35,40)(H,36,41);1H. The number of nitrogens with two attached hydrogens (primary N) is 1. The highest BCUT2D eigenvalue weighted by Crippen LogP contribution is 2.26. The molecule has 0 aromatic heterocycles. The molecule has 0 aliphatic carbocycles. The van der Waals surface area contributed by atoms with Crippen molar-refractivity contribution in [1.29, 1.82) is 0 Å². The maximum atomic E-state index is 14.5. The number of anilines is 2.